The molecule has 2 aromatic carbocycles. The summed E-state index contributed by atoms with van der Waals surface area (Å²) >= 11 is 5.84. The van der Waals surface area contributed by atoms with Crippen molar-refractivity contribution in [3.8, 4) is 5.75 Å². The number of ether oxygens (including phenoxy) is 1. The quantitative estimate of drug-likeness (QED) is 0.732. The van der Waals surface area contributed by atoms with Crippen LogP contribution >= 0.6 is 11.6 Å². The van der Waals surface area contributed by atoms with Gasteiger partial charge in [0, 0.05) is 11.4 Å². The van der Waals surface area contributed by atoms with E-state index in [0.717, 1.165) is 0 Å². The highest BCUT2D eigenvalue weighted by molar-refractivity contribution is 6.30. The van der Waals surface area contributed by atoms with Crippen molar-refractivity contribution in [2.24, 2.45) is 0 Å². The second-order valence-electron chi connectivity index (χ2n) is 5.74. The zero-order valence-corrected chi connectivity index (χ0v) is 14.9. The van der Waals surface area contributed by atoms with Crippen molar-refractivity contribution in [3.63, 3.8) is 0 Å². The fraction of sp³-hybridized carbons (Fsp3) is 0.263. The summed E-state index contributed by atoms with van der Waals surface area (Å²) in [6.45, 7) is 0. The first kappa shape index (κ1) is 19.7. The molecule has 0 aliphatic carbocycles. The van der Waals surface area contributed by atoms with Crippen molar-refractivity contribution in [2.45, 2.75) is 25.3 Å². The molecule has 0 radical (unpaired) electrons. The number of carboxylic acid groups (broad SMARTS) is 1. The van der Waals surface area contributed by atoms with E-state index in [4.69, 9.17) is 21.4 Å². The minimum Gasteiger partial charge on any atom is -0.494 e. The SMILES string of the molecule is COc1ccc(CCC(=O)N[C@@H](CC(=O)O)c2ccc(Cl)cc2)cc1F. The van der Waals surface area contributed by atoms with Gasteiger partial charge in [-0.1, -0.05) is 29.8 Å². The lowest BCUT2D eigenvalue weighted by molar-refractivity contribution is -0.137. The summed E-state index contributed by atoms with van der Waals surface area (Å²) < 4.78 is 18.5. The molecule has 5 nitrogen and oxygen atoms in total. The Bertz CT molecular complexity index is 780. The van der Waals surface area contributed by atoms with Crippen LogP contribution in [-0.4, -0.2) is 24.1 Å². The van der Waals surface area contributed by atoms with Crippen molar-refractivity contribution in [1.29, 1.82) is 0 Å². The molecule has 0 unspecified atom stereocenters. The first-order valence-electron chi connectivity index (χ1n) is 7.98. The average molecular weight is 380 g/mol. The van der Waals surface area contributed by atoms with Crippen molar-refractivity contribution in [1.82, 2.24) is 5.32 Å². The largest absolute Gasteiger partial charge is 0.494 e. The van der Waals surface area contributed by atoms with Crippen LogP contribution in [0.15, 0.2) is 42.5 Å². The Morgan fingerprint density at radius 1 is 1.23 bits per heavy atom. The third-order valence-corrected chi connectivity index (χ3v) is 4.10. The zero-order valence-electron chi connectivity index (χ0n) is 14.2. The summed E-state index contributed by atoms with van der Waals surface area (Å²) in [4.78, 5) is 23.3. The molecule has 2 rings (SSSR count). The summed E-state index contributed by atoms with van der Waals surface area (Å²) in [5.74, 6) is -1.69. The smallest absolute Gasteiger partial charge is 0.305 e. The Balaban J connectivity index is 1.99. The zero-order chi connectivity index (χ0) is 19.1. The molecule has 0 bridgehead atoms. The number of nitrogens with one attached hydrogen (secondary N) is 1. The summed E-state index contributed by atoms with van der Waals surface area (Å²) in [6, 6.07) is 10.5. The average Bonchev–Trinajstić information content (AvgIpc) is 2.60. The fourth-order valence-electron chi connectivity index (χ4n) is 2.51. The van der Waals surface area contributed by atoms with Gasteiger partial charge in [0.1, 0.15) is 0 Å². The minimum absolute atomic E-state index is 0.107. The molecule has 0 aliphatic heterocycles. The number of benzene rings is 2. The molecule has 1 amide bonds. The van der Waals surface area contributed by atoms with Gasteiger partial charge in [0.25, 0.3) is 0 Å². The van der Waals surface area contributed by atoms with E-state index in [1.54, 1.807) is 30.3 Å². The lowest BCUT2D eigenvalue weighted by Crippen LogP contribution is -2.30. The monoisotopic (exact) mass is 379 g/mol. The fourth-order valence-corrected chi connectivity index (χ4v) is 2.64. The van der Waals surface area contributed by atoms with Crippen LogP contribution in [0.4, 0.5) is 4.39 Å². The van der Waals surface area contributed by atoms with Gasteiger partial charge in [-0.3, -0.25) is 9.59 Å². The third kappa shape index (κ3) is 5.74. The van der Waals surface area contributed by atoms with Crippen LogP contribution in [0.3, 0.4) is 0 Å². The van der Waals surface area contributed by atoms with E-state index < -0.39 is 17.8 Å². The number of aryl methyl sites for hydroxylation is 1. The molecule has 0 heterocycles. The number of hydrogen-bond acceptors (Lipinski definition) is 3. The molecule has 0 saturated heterocycles. The topological polar surface area (TPSA) is 75.6 Å². The van der Waals surface area contributed by atoms with E-state index in [1.165, 1.54) is 19.2 Å². The van der Waals surface area contributed by atoms with Crippen LogP contribution in [-0.2, 0) is 16.0 Å². The molecule has 1 atom stereocenters. The summed E-state index contributed by atoms with van der Waals surface area (Å²) in [7, 11) is 1.38. The van der Waals surface area contributed by atoms with Gasteiger partial charge in [-0.25, -0.2) is 4.39 Å². The molecule has 2 aromatic rings. The maximum atomic E-state index is 13.7. The molecule has 138 valence electrons. The van der Waals surface area contributed by atoms with Crippen LogP contribution in [0.25, 0.3) is 0 Å². The van der Waals surface area contributed by atoms with Crippen LogP contribution in [0, 0.1) is 5.82 Å². The van der Waals surface area contributed by atoms with Gasteiger partial charge in [0.05, 0.1) is 19.6 Å². The highest BCUT2D eigenvalue weighted by Gasteiger charge is 2.18. The van der Waals surface area contributed by atoms with Crippen molar-refractivity contribution in [2.75, 3.05) is 7.11 Å². The van der Waals surface area contributed by atoms with Crippen molar-refractivity contribution >= 4 is 23.5 Å². The molecule has 2 N–H and O–H groups in total. The summed E-state index contributed by atoms with van der Waals surface area (Å²) in [6.07, 6.45) is 0.188. The van der Waals surface area contributed by atoms with Crippen molar-refractivity contribution in [3.05, 3.63) is 64.4 Å². The van der Waals surface area contributed by atoms with E-state index in [0.29, 0.717) is 22.6 Å². The molecule has 0 fully saturated rings. The van der Waals surface area contributed by atoms with Gasteiger partial charge < -0.3 is 15.2 Å². The minimum atomic E-state index is -1.03. The molecular weight excluding hydrogens is 361 g/mol. The van der Waals surface area contributed by atoms with E-state index in [1.807, 2.05) is 0 Å². The highest BCUT2D eigenvalue weighted by atomic mass is 35.5. The maximum absolute atomic E-state index is 13.7. The van der Waals surface area contributed by atoms with Gasteiger partial charge in [-0.15, -0.1) is 0 Å². The van der Waals surface area contributed by atoms with Crippen LogP contribution in [0.1, 0.15) is 30.0 Å². The summed E-state index contributed by atoms with van der Waals surface area (Å²) in [5, 5.41) is 12.3. The maximum Gasteiger partial charge on any atom is 0.305 e. The lowest BCUT2D eigenvalue weighted by atomic mass is 10.0. The van der Waals surface area contributed by atoms with Gasteiger partial charge in [-0.05, 0) is 41.8 Å². The number of aliphatic carboxylic acids is 1. The molecular formula is C19H19ClFNO4. The number of rotatable bonds is 8. The van der Waals surface area contributed by atoms with Gasteiger partial charge >= 0.3 is 5.97 Å². The van der Waals surface area contributed by atoms with Crippen molar-refractivity contribution < 1.29 is 23.8 Å². The standard InChI is InChI=1S/C19H19ClFNO4/c1-26-17-8-2-12(10-15(17)21)3-9-18(23)22-16(11-19(24)25)13-4-6-14(20)7-5-13/h2,4-8,10,16H,3,9,11H2,1H3,(H,22,23)(H,24,25)/t16-/m0/s1. The molecule has 7 heteroatoms. The lowest BCUT2D eigenvalue weighted by Gasteiger charge is -2.17. The van der Waals surface area contributed by atoms with E-state index in [2.05, 4.69) is 5.32 Å². The number of halogens is 2. The van der Waals surface area contributed by atoms with Gasteiger partial charge in [-0.2, -0.15) is 0 Å². The second kappa shape index (κ2) is 9.20. The molecule has 0 spiro atoms. The third-order valence-electron chi connectivity index (χ3n) is 3.84. The van der Waals surface area contributed by atoms with E-state index >= 15 is 0 Å². The summed E-state index contributed by atoms with van der Waals surface area (Å²) in [5.41, 5.74) is 1.31. The first-order chi connectivity index (χ1) is 12.4. The predicted octanol–water partition coefficient (Wildman–Crippen LogP) is 3.75. The molecule has 26 heavy (non-hydrogen) atoms. The van der Waals surface area contributed by atoms with E-state index in [9.17, 15) is 14.0 Å². The molecule has 0 aromatic heterocycles. The van der Waals surface area contributed by atoms with Gasteiger partial charge in [0.15, 0.2) is 11.6 Å². The van der Waals surface area contributed by atoms with Crippen LogP contribution in [0.2, 0.25) is 5.02 Å². The Labute approximate surface area is 155 Å². The number of methoxy groups -OCH3 is 1. The Morgan fingerprint density at radius 2 is 1.92 bits per heavy atom. The number of carbonyl (C=O) groups is 2. The Morgan fingerprint density at radius 3 is 2.50 bits per heavy atom. The van der Waals surface area contributed by atoms with E-state index in [-0.39, 0.29) is 24.5 Å². The second-order valence-corrected chi connectivity index (χ2v) is 6.17. The number of hydrogen-bond donors (Lipinski definition) is 2. The Hall–Kier alpha value is -2.60. The number of carbonyl (C=O) groups excluding carboxylic acids is 1. The Kier molecular flexibility index (Phi) is 6.97. The number of carboxylic acids is 1. The predicted molar refractivity (Wildman–Crippen MR) is 95.9 cm³/mol. The van der Waals surface area contributed by atoms with Crippen LogP contribution < -0.4 is 10.1 Å². The molecule has 0 saturated carbocycles. The first-order valence-corrected chi connectivity index (χ1v) is 8.36. The highest BCUT2D eigenvalue weighted by Crippen LogP contribution is 2.21. The van der Waals surface area contributed by atoms with Gasteiger partial charge in [0.2, 0.25) is 5.91 Å². The normalized spacial score (nSPS) is 11.7. The number of amides is 1. The molecule has 0 aliphatic rings. The van der Waals surface area contributed by atoms with Crippen LogP contribution in [0.5, 0.6) is 5.75 Å².